The van der Waals surface area contributed by atoms with E-state index in [0.717, 1.165) is 37.9 Å². The number of ether oxygens (including phenoxy) is 1. The second kappa shape index (κ2) is 6.73. The number of carbonyl (C=O) groups excluding carboxylic acids is 1. The van der Waals surface area contributed by atoms with Gasteiger partial charge in [0, 0.05) is 13.2 Å². The fourth-order valence-electron chi connectivity index (χ4n) is 3.45. The van der Waals surface area contributed by atoms with Crippen molar-refractivity contribution in [2.45, 2.75) is 69.7 Å². The molecule has 2 saturated carbocycles. The Kier molecular flexibility index (Phi) is 4.71. The van der Waals surface area contributed by atoms with Gasteiger partial charge < -0.3 is 19.4 Å². The minimum Gasteiger partial charge on any atom is -0.467 e. The second-order valence-corrected chi connectivity index (χ2v) is 6.44. The molecule has 2 aliphatic carbocycles. The average molecular weight is 306 g/mol. The number of amides is 2. The van der Waals surface area contributed by atoms with Gasteiger partial charge in [0.2, 0.25) is 0 Å². The summed E-state index contributed by atoms with van der Waals surface area (Å²) < 4.78 is 11.0. The lowest BCUT2D eigenvalue weighted by molar-refractivity contribution is 0.0417. The monoisotopic (exact) mass is 306 g/mol. The van der Waals surface area contributed by atoms with Gasteiger partial charge in [-0.2, -0.15) is 0 Å². The van der Waals surface area contributed by atoms with Crippen LogP contribution in [0.3, 0.4) is 0 Å². The van der Waals surface area contributed by atoms with Crippen LogP contribution < -0.4 is 5.32 Å². The third-order valence-electron chi connectivity index (χ3n) is 4.86. The molecule has 2 amide bonds. The van der Waals surface area contributed by atoms with Gasteiger partial charge in [-0.15, -0.1) is 0 Å². The Hall–Kier alpha value is -1.49. The third kappa shape index (κ3) is 3.29. The van der Waals surface area contributed by atoms with Gasteiger partial charge >= 0.3 is 6.03 Å². The molecule has 122 valence electrons. The lowest BCUT2D eigenvalue weighted by Crippen LogP contribution is -2.52. The zero-order chi connectivity index (χ0) is 15.5. The van der Waals surface area contributed by atoms with E-state index in [9.17, 15) is 4.79 Å². The van der Waals surface area contributed by atoms with E-state index < -0.39 is 0 Å². The van der Waals surface area contributed by atoms with Crippen molar-refractivity contribution in [1.82, 2.24) is 10.2 Å². The molecule has 1 N–H and O–H groups in total. The molecule has 5 heteroatoms. The summed E-state index contributed by atoms with van der Waals surface area (Å²) in [6.07, 6.45) is 8.32. The van der Waals surface area contributed by atoms with E-state index in [4.69, 9.17) is 9.15 Å². The molecule has 0 bridgehead atoms. The van der Waals surface area contributed by atoms with E-state index >= 15 is 0 Å². The van der Waals surface area contributed by atoms with Crippen molar-refractivity contribution >= 4 is 6.03 Å². The number of urea groups is 1. The number of rotatable bonds is 5. The zero-order valence-electron chi connectivity index (χ0n) is 13.5. The van der Waals surface area contributed by atoms with Crippen molar-refractivity contribution in [3.8, 4) is 0 Å². The van der Waals surface area contributed by atoms with Crippen molar-refractivity contribution in [3.05, 3.63) is 24.2 Å². The summed E-state index contributed by atoms with van der Waals surface area (Å²) in [6.45, 7) is 2.03. The fourth-order valence-corrected chi connectivity index (χ4v) is 3.45. The number of nitrogens with one attached hydrogen (secondary N) is 1. The Morgan fingerprint density at radius 3 is 2.77 bits per heavy atom. The summed E-state index contributed by atoms with van der Waals surface area (Å²) in [7, 11) is 1.74. The molecule has 5 nitrogen and oxygen atoms in total. The molecule has 1 aromatic rings. The molecule has 0 saturated heterocycles. The van der Waals surface area contributed by atoms with Crippen LogP contribution in [0.5, 0.6) is 0 Å². The molecular formula is C17H26N2O3. The van der Waals surface area contributed by atoms with Crippen LogP contribution in [0.2, 0.25) is 0 Å². The minimum absolute atomic E-state index is 0.0142. The molecule has 2 fully saturated rings. The molecule has 2 aliphatic rings. The first-order valence-electron chi connectivity index (χ1n) is 8.35. The third-order valence-corrected chi connectivity index (χ3v) is 4.86. The van der Waals surface area contributed by atoms with Crippen molar-refractivity contribution < 1.29 is 13.9 Å². The summed E-state index contributed by atoms with van der Waals surface area (Å²) >= 11 is 0. The highest BCUT2D eigenvalue weighted by molar-refractivity contribution is 5.75. The molecule has 0 unspecified atom stereocenters. The van der Waals surface area contributed by atoms with Gasteiger partial charge in [-0.25, -0.2) is 4.79 Å². The summed E-state index contributed by atoms with van der Waals surface area (Å²) in [5.41, 5.74) is 0. The molecule has 1 heterocycles. The Morgan fingerprint density at radius 1 is 1.36 bits per heavy atom. The minimum atomic E-state index is -0.0351. The highest BCUT2D eigenvalue weighted by Gasteiger charge is 2.38. The highest BCUT2D eigenvalue weighted by Crippen LogP contribution is 2.34. The van der Waals surface area contributed by atoms with E-state index in [1.54, 1.807) is 13.4 Å². The molecule has 3 atom stereocenters. The maximum absolute atomic E-state index is 12.8. The van der Waals surface area contributed by atoms with Gasteiger partial charge in [0.25, 0.3) is 0 Å². The normalized spacial score (nSPS) is 26.5. The molecule has 3 rings (SSSR count). The van der Waals surface area contributed by atoms with Crippen molar-refractivity contribution in [2.24, 2.45) is 0 Å². The first-order chi connectivity index (χ1) is 10.7. The van der Waals surface area contributed by atoms with Gasteiger partial charge in [-0.05, 0) is 44.7 Å². The number of hydrogen-bond donors (Lipinski definition) is 1. The standard InChI is InChI=1S/C17H26N2O3/c1-12(15-8-5-11-22-15)19(13-9-10-13)17(20)18-14-6-3-4-7-16(14)21-2/h5,8,11-14,16H,3-4,6-7,9-10H2,1-2H3,(H,18,20)/t12-,14+,16-/m1/s1. The largest absolute Gasteiger partial charge is 0.467 e. The van der Waals surface area contributed by atoms with Gasteiger partial charge in [-0.1, -0.05) is 12.8 Å². The number of methoxy groups -OCH3 is 1. The predicted octanol–water partition coefficient (Wildman–Crippen LogP) is 3.47. The fraction of sp³-hybridized carbons (Fsp3) is 0.706. The number of nitrogens with zero attached hydrogens (tertiary/aromatic N) is 1. The highest BCUT2D eigenvalue weighted by atomic mass is 16.5. The maximum atomic E-state index is 12.8. The molecule has 0 radical (unpaired) electrons. The number of furan rings is 1. The van der Waals surface area contributed by atoms with Crippen molar-refractivity contribution in [1.29, 1.82) is 0 Å². The van der Waals surface area contributed by atoms with E-state index in [1.165, 1.54) is 6.42 Å². The molecule has 0 aliphatic heterocycles. The summed E-state index contributed by atoms with van der Waals surface area (Å²) in [6, 6.07) is 4.25. The van der Waals surface area contributed by atoms with Crippen LogP contribution in [-0.4, -0.2) is 36.2 Å². The zero-order valence-corrected chi connectivity index (χ0v) is 13.5. The van der Waals surface area contributed by atoms with E-state index in [2.05, 4.69) is 5.32 Å². The summed E-state index contributed by atoms with van der Waals surface area (Å²) in [5, 5.41) is 3.20. The second-order valence-electron chi connectivity index (χ2n) is 6.44. The van der Waals surface area contributed by atoms with E-state index in [0.29, 0.717) is 6.04 Å². The van der Waals surface area contributed by atoms with Gasteiger partial charge in [0.05, 0.1) is 24.5 Å². The lowest BCUT2D eigenvalue weighted by atomic mass is 9.92. The summed E-state index contributed by atoms with van der Waals surface area (Å²) in [5.74, 6) is 0.842. The van der Waals surface area contributed by atoms with E-state index in [1.807, 2.05) is 24.0 Å². The Balaban J connectivity index is 1.67. The van der Waals surface area contributed by atoms with Crippen LogP contribution in [-0.2, 0) is 4.74 Å². The maximum Gasteiger partial charge on any atom is 0.318 e. The van der Waals surface area contributed by atoms with Crippen LogP contribution in [0.25, 0.3) is 0 Å². The lowest BCUT2D eigenvalue weighted by Gasteiger charge is -2.35. The Labute approximate surface area is 132 Å². The van der Waals surface area contributed by atoms with Crippen LogP contribution in [0.1, 0.15) is 57.3 Å². The predicted molar refractivity (Wildman–Crippen MR) is 83.6 cm³/mol. The SMILES string of the molecule is CO[C@@H]1CCCC[C@@H]1NC(=O)N(C1CC1)[C@H](C)c1ccco1. The van der Waals surface area contributed by atoms with Gasteiger partial charge in [0.1, 0.15) is 5.76 Å². The van der Waals surface area contributed by atoms with Crippen molar-refractivity contribution in [2.75, 3.05) is 7.11 Å². The molecule has 0 aromatic carbocycles. The van der Waals surface area contributed by atoms with Crippen LogP contribution >= 0.6 is 0 Å². The van der Waals surface area contributed by atoms with Crippen molar-refractivity contribution in [3.63, 3.8) is 0 Å². The summed E-state index contributed by atoms with van der Waals surface area (Å²) in [4.78, 5) is 14.8. The molecule has 0 spiro atoms. The van der Waals surface area contributed by atoms with E-state index in [-0.39, 0.29) is 24.2 Å². The van der Waals surface area contributed by atoms with Crippen LogP contribution in [0.15, 0.2) is 22.8 Å². The molecular weight excluding hydrogens is 280 g/mol. The first kappa shape index (κ1) is 15.4. The van der Waals surface area contributed by atoms with Crippen LogP contribution in [0, 0.1) is 0 Å². The first-order valence-corrected chi connectivity index (χ1v) is 8.35. The average Bonchev–Trinajstić information content (AvgIpc) is 3.19. The van der Waals surface area contributed by atoms with Gasteiger partial charge in [0.15, 0.2) is 0 Å². The topological polar surface area (TPSA) is 54.7 Å². The molecule has 22 heavy (non-hydrogen) atoms. The van der Waals surface area contributed by atoms with Gasteiger partial charge in [-0.3, -0.25) is 0 Å². The van der Waals surface area contributed by atoms with Crippen LogP contribution in [0.4, 0.5) is 4.79 Å². The number of carbonyl (C=O) groups is 1. The quantitative estimate of drug-likeness (QED) is 0.906. The number of hydrogen-bond acceptors (Lipinski definition) is 3. The molecule has 1 aromatic heterocycles. The Morgan fingerprint density at radius 2 is 2.14 bits per heavy atom. The Bertz CT molecular complexity index is 484. The smallest absolute Gasteiger partial charge is 0.318 e.